The average Bonchev–Trinajstić information content (AvgIpc) is 3.07. The predicted molar refractivity (Wildman–Crippen MR) is 80.7 cm³/mol. The lowest BCUT2D eigenvalue weighted by Gasteiger charge is -2.12. The van der Waals surface area contributed by atoms with E-state index in [-0.39, 0.29) is 5.91 Å². The van der Waals surface area contributed by atoms with Gasteiger partial charge in [0.2, 0.25) is 5.91 Å². The molecule has 0 fully saturated rings. The highest BCUT2D eigenvalue weighted by Gasteiger charge is 2.23. The van der Waals surface area contributed by atoms with Crippen molar-refractivity contribution in [1.82, 2.24) is 9.78 Å². The first-order valence-electron chi connectivity index (χ1n) is 6.44. The number of methoxy groups -OCH3 is 1. The van der Waals surface area contributed by atoms with Crippen LogP contribution >= 0.6 is 11.3 Å². The Morgan fingerprint density at radius 1 is 1.43 bits per heavy atom. The lowest BCUT2D eigenvalue weighted by molar-refractivity contribution is -0.119. The quantitative estimate of drug-likeness (QED) is 0.881. The highest BCUT2D eigenvalue weighted by Crippen LogP contribution is 2.33. The van der Waals surface area contributed by atoms with Crippen LogP contribution in [-0.2, 0) is 9.53 Å². The normalized spacial score (nSPS) is 12.0. The second-order valence-corrected chi connectivity index (χ2v) is 5.85. The highest BCUT2D eigenvalue weighted by molar-refractivity contribution is 7.16. The third-order valence-electron chi connectivity index (χ3n) is 3.31. The largest absolute Gasteiger partial charge is 0.465 e. The number of rotatable bonds is 4. The molecule has 0 aromatic carbocycles. The lowest BCUT2D eigenvalue weighted by Crippen LogP contribution is -2.24. The Bertz CT molecular complexity index is 661. The van der Waals surface area contributed by atoms with E-state index in [1.807, 2.05) is 13.8 Å². The van der Waals surface area contributed by atoms with Gasteiger partial charge in [-0.15, -0.1) is 11.3 Å². The summed E-state index contributed by atoms with van der Waals surface area (Å²) >= 11 is 1.37. The first-order chi connectivity index (χ1) is 9.95. The zero-order valence-electron chi connectivity index (χ0n) is 12.3. The average molecular weight is 307 g/mol. The second kappa shape index (κ2) is 6.09. The number of hydrogen-bond acceptors (Lipinski definition) is 5. The fourth-order valence-electron chi connectivity index (χ4n) is 1.91. The number of nitrogens with one attached hydrogen (secondary N) is 1. The molecule has 0 saturated heterocycles. The number of anilines is 1. The van der Waals surface area contributed by atoms with Crippen LogP contribution in [0.15, 0.2) is 18.5 Å². The highest BCUT2D eigenvalue weighted by atomic mass is 32.1. The Hall–Kier alpha value is -2.15. The summed E-state index contributed by atoms with van der Waals surface area (Å²) in [5.41, 5.74) is 1.25. The number of aromatic nitrogens is 2. The number of carbonyl (C=O) groups is 2. The summed E-state index contributed by atoms with van der Waals surface area (Å²) < 4.78 is 6.34. The number of thiophene rings is 1. The maximum atomic E-state index is 12.3. The molecule has 0 spiro atoms. The summed E-state index contributed by atoms with van der Waals surface area (Å²) in [5, 5.41) is 7.35. The third-order valence-corrected chi connectivity index (χ3v) is 4.44. The molecule has 1 unspecified atom stereocenters. The number of aryl methyl sites for hydroxylation is 1. The molecule has 112 valence electrons. The van der Waals surface area contributed by atoms with Crippen molar-refractivity contribution in [3.8, 4) is 0 Å². The molecule has 2 rings (SSSR count). The maximum Gasteiger partial charge on any atom is 0.341 e. The fourth-order valence-corrected chi connectivity index (χ4v) is 2.96. The van der Waals surface area contributed by atoms with Crippen LogP contribution in [0.4, 0.5) is 5.00 Å². The third kappa shape index (κ3) is 2.97. The number of ether oxygens (including phenoxy) is 1. The van der Waals surface area contributed by atoms with Crippen LogP contribution < -0.4 is 5.32 Å². The van der Waals surface area contributed by atoms with E-state index in [2.05, 4.69) is 10.4 Å². The summed E-state index contributed by atoms with van der Waals surface area (Å²) in [6.45, 7) is 5.48. The van der Waals surface area contributed by atoms with Gasteiger partial charge in [0.05, 0.1) is 12.7 Å². The van der Waals surface area contributed by atoms with Crippen LogP contribution in [0.5, 0.6) is 0 Å². The van der Waals surface area contributed by atoms with Gasteiger partial charge in [-0.2, -0.15) is 5.10 Å². The van der Waals surface area contributed by atoms with E-state index in [1.165, 1.54) is 18.4 Å². The van der Waals surface area contributed by atoms with Crippen molar-refractivity contribution in [3.63, 3.8) is 0 Å². The summed E-state index contributed by atoms with van der Waals surface area (Å²) in [6.07, 6.45) is 3.33. The molecule has 7 heteroatoms. The molecule has 2 aromatic heterocycles. The summed E-state index contributed by atoms with van der Waals surface area (Å²) in [5.74, 6) is -0.677. The van der Waals surface area contributed by atoms with Crippen LogP contribution in [0.2, 0.25) is 0 Å². The van der Waals surface area contributed by atoms with E-state index in [9.17, 15) is 9.59 Å². The minimum Gasteiger partial charge on any atom is -0.465 e. The Morgan fingerprint density at radius 2 is 2.14 bits per heavy atom. The minimum atomic E-state index is -0.465. The first kappa shape index (κ1) is 15.2. The van der Waals surface area contributed by atoms with Gasteiger partial charge in [0.1, 0.15) is 11.0 Å². The monoisotopic (exact) mass is 307 g/mol. The zero-order valence-corrected chi connectivity index (χ0v) is 13.2. The molecular weight excluding hydrogens is 290 g/mol. The van der Waals surface area contributed by atoms with Crippen molar-refractivity contribution >= 4 is 28.2 Å². The van der Waals surface area contributed by atoms with Crippen LogP contribution in [0.25, 0.3) is 0 Å². The van der Waals surface area contributed by atoms with Gasteiger partial charge in [0.15, 0.2) is 0 Å². The van der Waals surface area contributed by atoms with E-state index in [0.29, 0.717) is 10.6 Å². The minimum absolute atomic E-state index is 0.231. The van der Waals surface area contributed by atoms with Crippen molar-refractivity contribution in [2.24, 2.45) is 0 Å². The van der Waals surface area contributed by atoms with E-state index < -0.39 is 12.0 Å². The van der Waals surface area contributed by atoms with Crippen molar-refractivity contribution < 1.29 is 14.3 Å². The van der Waals surface area contributed by atoms with Gasteiger partial charge in [0.25, 0.3) is 0 Å². The summed E-state index contributed by atoms with van der Waals surface area (Å²) in [6, 6.07) is 1.29. The van der Waals surface area contributed by atoms with Crippen LogP contribution in [0, 0.1) is 13.8 Å². The molecule has 2 aromatic rings. The van der Waals surface area contributed by atoms with Gasteiger partial charge in [-0.25, -0.2) is 4.79 Å². The van der Waals surface area contributed by atoms with E-state index in [0.717, 1.165) is 10.4 Å². The fraction of sp³-hybridized carbons (Fsp3) is 0.357. The van der Waals surface area contributed by atoms with Gasteiger partial charge in [-0.1, -0.05) is 0 Å². The molecule has 21 heavy (non-hydrogen) atoms. The van der Waals surface area contributed by atoms with Crippen LogP contribution in [0.1, 0.15) is 33.8 Å². The molecule has 2 heterocycles. The Morgan fingerprint density at radius 3 is 2.71 bits per heavy atom. The molecule has 0 aliphatic carbocycles. The molecule has 0 saturated carbocycles. The number of esters is 1. The van der Waals surface area contributed by atoms with Crippen molar-refractivity contribution in [3.05, 3.63) is 34.5 Å². The maximum absolute atomic E-state index is 12.3. The van der Waals surface area contributed by atoms with Gasteiger partial charge in [-0.3, -0.25) is 9.48 Å². The Balaban J connectivity index is 2.25. The van der Waals surface area contributed by atoms with E-state index in [4.69, 9.17) is 4.74 Å². The predicted octanol–water partition coefficient (Wildman–Crippen LogP) is 2.55. The van der Waals surface area contributed by atoms with E-state index >= 15 is 0 Å². The van der Waals surface area contributed by atoms with Gasteiger partial charge < -0.3 is 10.1 Å². The Kier molecular flexibility index (Phi) is 4.42. The summed E-state index contributed by atoms with van der Waals surface area (Å²) in [7, 11) is 1.33. The standard InChI is InChI=1S/C14H17N3O3S/c1-8-10(3)21-13(11(8)14(19)20-4)16-12(18)9(2)17-7-5-6-15-17/h5-7,9H,1-4H3,(H,16,18). The van der Waals surface area contributed by atoms with Gasteiger partial charge in [0, 0.05) is 17.3 Å². The molecule has 1 N–H and O–H groups in total. The van der Waals surface area contributed by atoms with Crippen molar-refractivity contribution in [2.45, 2.75) is 26.8 Å². The van der Waals surface area contributed by atoms with Gasteiger partial charge >= 0.3 is 5.97 Å². The number of amides is 1. The molecule has 0 bridgehead atoms. The molecule has 0 aliphatic heterocycles. The zero-order chi connectivity index (χ0) is 15.6. The number of carbonyl (C=O) groups excluding carboxylic acids is 2. The number of hydrogen-bond donors (Lipinski definition) is 1. The second-order valence-electron chi connectivity index (χ2n) is 4.63. The molecule has 0 radical (unpaired) electrons. The van der Waals surface area contributed by atoms with Crippen molar-refractivity contribution in [1.29, 1.82) is 0 Å². The number of nitrogens with zero attached hydrogens (tertiary/aromatic N) is 2. The molecular formula is C14H17N3O3S. The summed E-state index contributed by atoms with van der Waals surface area (Å²) in [4.78, 5) is 25.1. The van der Waals surface area contributed by atoms with Crippen LogP contribution in [0.3, 0.4) is 0 Å². The molecule has 6 nitrogen and oxygen atoms in total. The SMILES string of the molecule is COC(=O)c1c(NC(=O)C(C)n2cccn2)sc(C)c1C. The first-order valence-corrected chi connectivity index (χ1v) is 7.25. The van der Waals surface area contributed by atoms with Crippen molar-refractivity contribution in [2.75, 3.05) is 12.4 Å². The topological polar surface area (TPSA) is 73.2 Å². The van der Waals surface area contributed by atoms with E-state index in [1.54, 1.807) is 30.1 Å². The smallest absolute Gasteiger partial charge is 0.341 e. The van der Waals surface area contributed by atoms with Crippen LogP contribution in [-0.4, -0.2) is 28.8 Å². The molecule has 1 atom stereocenters. The van der Waals surface area contributed by atoms with Gasteiger partial charge in [-0.05, 0) is 32.4 Å². The lowest BCUT2D eigenvalue weighted by atomic mass is 10.1. The molecule has 0 aliphatic rings. The Labute approximate surface area is 126 Å². The molecule has 1 amide bonds.